The summed E-state index contributed by atoms with van der Waals surface area (Å²) in [4.78, 5) is 7.05. The lowest BCUT2D eigenvalue weighted by atomic mass is 9.81. The molecule has 3 heteroatoms. The van der Waals surface area contributed by atoms with Gasteiger partial charge in [0.15, 0.2) is 5.75 Å². The van der Waals surface area contributed by atoms with Crippen LogP contribution in [-0.4, -0.2) is 16.8 Å². The second-order valence-corrected chi connectivity index (χ2v) is 13.3. The van der Waals surface area contributed by atoms with Crippen LogP contribution in [0.25, 0.3) is 22.3 Å². The van der Waals surface area contributed by atoms with Crippen molar-refractivity contribution in [2.24, 2.45) is 0 Å². The maximum atomic E-state index is 7.05. The number of hydrogen-bond donors (Lipinski definition) is 0. The topological polar surface area (TPSA) is 12.5 Å². The molecule has 3 aromatic carbocycles. The zero-order valence-corrected chi connectivity index (χ0v) is 26.5. The maximum Gasteiger partial charge on any atom is 0.164 e. The SMILES string of the molecule is CC1=C(C)CN(Oc2c(-c3c(C(C)C)cccc3C(C)C)cccc2-c2c(C(C)C)cccc2C(C)C)SC1. The van der Waals surface area contributed by atoms with E-state index < -0.39 is 0 Å². The first kappa shape index (κ1) is 29.5. The Labute approximate surface area is 242 Å². The van der Waals surface area contributed by atoms with Crippen LogP contribution in [0.4, 0.5) is 0 Å². The van der Waals surface area contributed by atoms with E-state index in [1.807, 2.05) is 0 Å². The highest BCUT2D eigenvalue weighted by Crippen LogP contribution is 2.48. The molecule has 0 saturated carbocycles. The van der Waals surface area contributed by atoms with Crippen LogP contribution in [0.3, 0.4) is 0 Å². The molecule has 0 aromatic heterocycles. The molecule has 2 nitrogen and oxygen atoms in total. The summed E-state index contributed by atoms with van der Waals surface area (Å²) in [5, 5.41) is 0. The fraction of sp³-hybridized carbons (Fsp3) is 0.444. The molecule has 1 heterocycles. The van der Waals surface area contributed by atoms with E-state index in [-0.39, 0.29) is 0 Å². The standard InChI is InChI=1S/C36H47NOS/c1-22(2)28-14-11-15-29(23(3)4)34(28)32-18-13-19-33(36(32)38-37-20-26(9)27(10)21-39-37)35-30(24(5)6)16-12-17-31(35)25(7)8/h11-19,22-25H,20-21H2,1-10H3. The van der Waals surface area contributed by atoms with Gasteiger partial charge in [0.1, 0.15) is 0 Å². The Morgan fingerprint density at radius 3 is 1.33 bits per heavy atom. The summed E-state index contributed by atoms with van der Waals surface area (Å²) < 4.78 is 2.10. The summed E-state index contributed by atoms with van der Waals surface area (Å²) in [5.74, 6) is 3.55. The van der Waals surface area contributed by atoms with Crippen molar-refractivity contribution in [3.63, 3.8) is 0 Å². The Bertz CT molecular complexity index is 1210. The molecule has 0 unspecified atom stereocenters. The quantitative estimate of drug-likeness (QED) is 0.208. The molecule has 0 N–H and O–H groups in total. The lowest BCUT2D eigenvalue weighted by Crippen LogP contribution is -2.27. The lowest BCUT2D eigenvalue weighted by Gasteiger charge is -2.31. The van der Waals surface area contributed by atoms with Crippen LogP contribution in [0.2, 0.25) is 0 Å². The smallest absolute Gasteiger partial charge is 0.164 e. The second-order valence-electron chi connectivity index (χ2n) is 12.3. The summed E-state index contributed by atoms with van der Waals surface area (Å²) in [7, 11) is 0. The zero-order chi connectivity index (χ0) is 28.4. The molecule has 39 heavy (non-hydrogen) atoms. The van der Waals surface area contributed by atoms with Gasteiger partial charge in [-0.1, -0.05) is 126 Å². The molecule has 0 fully saturated rings. The molecule has 0 atom stereocenters. The molecular weight excluding hydrogens is 494 g/mol. The predicted molar refractivity (Wildman–Crippen MR) is 172 cm³/mol. The van der Waals surface area contributed by atoms with Crippen molar-refractivity contribution in [1.82, 2.24) is 4.47 Å². The van der Waals surface area contributed by atoms with Crippen LogP contribution in [0, 0.1) is 0 Å². The molecule has 3 aromatic rings. The number of hydrogen-bond acceptors (Lipinski definition) is 3. The minimum atomic E-state index is 0.404. The summed E-state index contributed by atoms with van der Waals surface area (Å²) >= 11 is 1.77. The summed E-state index contributed by atoms with van der Waals surface area (Å²) in [5.41, 5.74) is 13.4. The first-order valence-electron chi connectivity index (χ1n) is 14.6. The van der Waals surface area contributed by atoms with Crippen molar-refractivity contribution in [2.75, 3.05) is 12.3 Å². The average Bonchev–Trinajstić information content (AvgIpc) is 2.89. The highest BCUT2D eigenvalue weighted by molar-refractivity contribution is 7.97. The van der Waals surface area contributed by atoms with Crippen molar-refractivity contribution < 1.29 is 4.84 Å². The van der Waals surface area contributed by atoms with Gasteiger partial charge >= 0.3 is 0 Å². The number of rotatable bonds is 8. The first-order chi connectivity index (χ1) is 18.5. The zero-order valence-electron chi connectivity index (χ0n) is 25.7. The van der Waals surface area contributed by atoms with E-state index in [0.717, 1.165) is 18.0 Å². The van der Waals surface area contributed by atoms with E-state index in [2.05, 4.69) is 128 Å². The molecule has 0 radical (unpaired) electrons. The molecule has 0 bridgehead atoms. The maximum absolute atomic E-state index is 7.05. The fourth-order valence-electron chi connectivity index (χ4n) is 5.58. The van der Waals surface area contributed by atoms with Gasteiger partial charge in [-0.2, -0.15) is 0 Å². The van der Waals surface area contributed by atoms with Gasteiger partial charge in [-0.15, -0.1) is 0 Å². The van der Waals surface area contributed by atoms with Crippen LogP contribution < -0.4 is 4.84 Å². The van der Waals surface area contributed by atoms with Gasteiger partial charge in [0.2, 0.25) is 0 Å². The first-order valence-corrected chi connectivity index (χ1v) is 15.6. The lowest BCUT2D eigenvalue weighted by molar-refractivity contribution is 0.0601. The van der Waals surface area contributed by atoms with Crippen LogP contribution in [0.1, 0.15) is 115 Å². The van der Waals surface area contributed by atoms with Crippen LogP contribution in [0.5, 0.6) is 5.75 Å². The van der Waals surface area contributed by atoms with Crippen molar-refractivity contribution in [3.05, 3.63) is 88.0 Å². The third-order valence-corrected chi connectivity index (χ3v) is 9.07. The molecule has 1 aliphatic rings. The normalized spacial score (nSPS) is 14.8. The number of hydroxylamine groups is 1. The largest absolute Gasteiger partial charge is 0.394 e. The van der Waals surface area contributed by atoms with Crippen molar-refractivity contribution in [1.29, 1.82) is 0 Å². The monoisotopic (exact) mass is 541 g/mol. The Kier molecular flexibility index (Phi) is 9.34. The van der Waals surface area contributed by atoms with E-state index in [0.29, 0.717) is 23.7 Å². The molecule has 0 saturated heterocycles. The molecule has 0 aliphatic carbocycles. The highest BCUT2D eigenvalue weighted by Gasteiger charge is 2.27. The van der Waals surface area contributed by atoms with E-state index in [9.17, 15) is 0 Å². The van der Waals surface area contributed by atoms with Gasteiger partial charge in [-0.25, -0.2) is 0 Å². The van der Waals surface area contributed by atoms with Gasteiger partial charge in [0, 0.05) is 16.9 Å². The molecule has 0 spiro atoms. The Morgan fingerprint density at radius 2 is 0.974 bits per heavy atom. The third kappa shape index (κ3) is 6.15. The van der Waals surface area contributed by atoms with E-state index in [4.69, 9.17) is 4.84 Å². The molecule has 4 rings (SSSR count). The predicted octanol–water partition coefficient (Wildman–Crippen LogP) is 11.1. The van der Waals surface area contributed by atoms with Crippen LogP contribution >= 0.6 is 11.9 Å². The van der Waals surface area contributed by atoms with Gasteiger partial charge < -0.3 is 4.84 Å². The van der Waals surface area contributed by atoms with Crippen molar-refractivity contribution >= 4 is 11.9 Å². The molecule has 1 aliphatic heterocycles. The number of nitrogens with zero attached hydrogens (tertiary/aromatic N) is 1. The van der Waals surface area contributed by atoms with E-state index in [1.165, 1.54) is 55.7 Å². The Morgan fingerprint density at radius 1 is 0.590 bits per heavy atom. The number of para-hydroxylation sites is 1. The minimum absolute atomic E-state index is 0.404. The summed E-state index contributed by atoms with van der Waals surface area (Å²) in [6.45, 7) is 23.7. The summed E-state index contributed by atoms with van der Waals surface area (Å²) in [6, 6.07) is 20.4. The molecule has 0 amide bonds. The fourth-order valence-corrected chi connectivity index (χ4v) is 6.58. The van der Waals surface area contributed by atoms with E-state index >= 15 is 0 Å². The Balaban J connectivity index is 2.07. The third-order valence-electron chi connectivity index (χ3n) is 8.01. The van der Waals surface area contributed by atoms with E-state index in [1.54, 1.807) is 11.9 Å². The van der Waals surface area contributed by atoms with Crippen LogP contribution in [-0.2, 0) is 0 Å². The molecule has 208 valence electrons. The Hall–Kier alpha value is -2.49. The average molecular weight is 542 g/mol. The van der Waals surface area contributed by atoms with Crippen molar-refractivity contribution in [3.8, 4) is 28.0 Å². The summed E-state index contributed by atoms with van der Waals surface area (Å²) in [6.07, 6.45) is 0. The second kappa shape index (κ2) is 12.4. The number of benzene rings is 3. The van der Waals surface area contributed by atoms with Crippen LogP contribution in [0.15, 0.2) is 65.7 Å². The van der Waals surface area contributed by atoms with Crippen molar-refractivity contribution in [2.45, 2.75) is 92.9 Å². The van der Waals surface area contributed by atoms with Gasteiger partial charge in [-0.3, -0.25) is 0 Å². The van der Waals surface area contributed by atoms with Gasteiger partial charge in [0.25, 0.3) is 0 Å². The highest BCUT2D eigenvalue weighted by atomic mass is 32.2. The minimum Gasteiger partial charge on any atom is -0.394 e. The van der Waals surface area contributed by atoms with Gasteiger partial charge in [-0.05, 0) is 82.8 Å². The molecular formula is C36H47NOS. The van der Waals surface area contributed by atoms with Gasteiger partial charge in [0.05, 0.1) is 6.54 Å².